The molecule has 2 aromatic carbocycles. The first-order chi connectivity index (χ1) is 10.6. The van der Waals surface area contributed by atoms with Gasteiger partial charge in [-0.05, 0) is 55.7 Å². The van der Waals surface area contributed by atoms with Crippen LogP contribution in [0.25, 0.3) is 22.2 Å². The number of nitrogens with zero attached hydrogens (tertiary/aromatic N) is 2. The van der Waals surface area contributed by atoms with E-state index in [2.05, 4.69) is 60.2 Å². The molecule has 0 radical (unpaired) electrons. The van der Waals surface area contributed by atoms with Crippen LogP contribution < -0.4 is 0 Å². The zero-order chi connectivity index (χ0) is 15.6. The monoisotopic (exact) mass is 292 g/mol. The lowest BCUT2D eigenvalue weighted by atomic mass is 9.94. The molecule has 0 aliphatic rings. The SMILES string of the molecule is CCOC(C)(C)c1cccc(-c2ccc3nccnc3c2)c1. The van der Waals surface area contributed by atoms with Crippen molar-refractivity contribution in [1.82, 2.24) is 9.97 Å². The maximum atomic E-state index is 5.85. The molecule has 0 saturated carbocycles. The van der Waals surface area contributed by atoms with Crippen molar-refractivity contribution >= 4 is 11.0 Å². The number of ether oxygens (including phenoxy) is 1. The number of hydrogen-bond acceptors (Lipinski definition) is 3. The fraction of sp³-hybridized carbons (Fsp3) is 0.263. The van der Waals surface area contributed by atoms with Gasteiger partial charge in [0.25, 0.3) is 0 Å². The molecule has 0 aliphatic heterocycles. The van der Waals surface area contributed by atoms with Crippen molar-refractivity contribution in [3.8, 4) is 11.1 Å². The molecule has 0 N–H and O–H groups in total. The third kappa shape index (κ3) is 2.85. The van der Waals surface area contributed by atoms with E-state index in [0.29, 0.717) is 6.61 Å². The van der Waals surface area contributed by atoms with Crippen molar-refractivity contribution in [1.29, 1.82) is 0 Å². The van der Waals surface area contributed by atoms with Crippen LogP contribution in [-0.2, 0) is 10.3 Å². The van der Waals surface area contributed by atoms with Gasteiger partial charge in [-0.15, -0.1) is 0 Å². The minimum atomic E-state index is -0.290. The van der Waals surface area contributed by atoms with E-state index in [1.807, 2.05) is 13.0 Å². The third-order valence-corrected chi connectivity index (χ3v) is 3.87. The highest BCUT2D eigenvalue weighted by Gasteiger charge is 2.20. The molecule has 3 nitrogen and oxygen atoms in total. The van der Waals surface area contributed by atoms with Gasteiger partial charge in [0, 0.05) is 19.0 Å². The quantitative estimate of drug-likeness (QED) is 0.706. The number of rotatable bonds is 4. The van der Waals surface area contributed by atoms with Crippen molar-refractivity contribution in [2.45, 2.75) is 26.4 Å². The molecule has 0 amide bonds. The molecule has 1 heterocycles. The summed E-state index contributed by atoms with van der Waals surface area (Å²) in [4.78, 5) is 8.70. The lowest BCUT2D eigenvalue weighted by Gasteiger charge is -2.25. The highest BCUT2D eigenvalue weighted by molar-refractivity contribution is 5.81. The predicted molar refractivity (Wildman–Crippen MR) is 89.6 cm³/mol. The number of hydrogen-bond donors (Lipinski definition) is 0. The van der Waals surface area contributed by atoms with Crippen molar-refractivity contribution < 1.29 is 4.74 Å². The number of benzene rings is 2. The van der Waals surface area contributed by atoms with Gasteiger partial charge in [0.15, 0.2) is 0 Å². The van der Waals surface area contributed by atoms with Gasteiger partial charge in [0.05, 0.1) is 16.6 Å². The highest BCUT2D eigenvalue weighted by atomic mass is 16.5. The molecular formula is C19H20N2O. The van der Waals surface area contributed by atoms with Crippen LogP contribution in [0.2, 0.25) is 0 Å². The maximum Gasteiger partial charge on any atom is 0.0892 e. The van der Waals surface area contributed by atoms with Crippen LogP contribution in [0.4, 0.5) is 0 Å². The van der Waals surface area contributed by atoms with Gasteiger partial charge in [-0.1, -0.05) is 24.3 Å². The van der Waals surface area contributed by atoms with Crippen LogP contribution in [0.15, 0.2) is 54.9 Å². The summed E-state index contributed by atoms with van der Waals surface area (Å²) in [6.45, 7) is 6.92. The maximum absolute atomic E-state index is 5.85. The second-order valence-corrected chi connectivity index (χ2v) is 5.78. The van der Waals surface area contributed by atoms with Crippen LogP contribution in [0.1, 0.15) is 26.3 Å². The van der Waals surface area contributed by atoms with Gasteiger partial charge in [-0.25, -0.2) is 0 Å². The lowest BCUT2D eigenvalue weighted by molar-refractivity contribution is -0.0139. The van der Waals surface area contributed by atoms with Crippen molar-refractivity contribution in [2.24, 2.45) is 0 Å². The second-order valence-electron chi connectivity index (χ2n) is 5.78. The molecule has 0 bridgehead atoms. The highest BCUT2D eigenvalue weighted by Crippen LogP contribution is 2.29. The van der Waals surface area contributed by atoms with E-state index in [-0.39, 0.29) is 5.60 Å². The fourth-order valence-corrected chi connectivity index (χ4v) is 2.66. The molecular weight excluding hydrogens is 272 g/mol. The summed E-state index contributed by atoms with van der Waals surface area (Å²) >= 11 is 0. The Kier molecular flexibility index (Phi) is 3.90. The average molecular weight is 292 g/mol. The van der Waals surface area contributed by atoms with Gasteiger partial charge in [0.1, 0.15) is 0 Å². The van der Waals surface area contributed by atoms with Crippen molar-refractivity contribution in [3.05, 3.63) is 60.4 Å². The molecule has 1 aromatic heterocycles. The van der Waals surface area contributed by atoms with Gasteiger partial charge >= 0.3 is 0 Å². The Labute approximate surface area is 131 Å². The van der Waals surface area contributed by atoms with Gasteiger partial charge in [-0.2, -0.15) is 0 Å². The molecule has 0 unspecified atom stereocenters. The van der Waals surface area contributed by atoms with Crippen molar-refractivity contribution in [3.63, 3.8) is 0 Å². The summed E-state index contributed by atoms with van der Waals surface area (Å²) in [6, 6.07) is 14.7. The average Bonchev–Trinajstić information content (AvgIpc) is 2.54. The standard InChI is InChI=1S/C19H20N2O/c1-4-22-19(2,3)16-7-5-6-14(12-16)15-8-9-17-18(13-15)21-11-10-20-17/h5-13H,4H2,1-3H3. The van der Waals surface area contributed by atoms with E-state index in [9.17, 15) is 0 Å². The summed E-state index contributed by atoms with van der Waals surface area (Å²) in [6.07, 6.45) is 3.44. The summed E-state index contributed by atoms with van der Waals surface area (Å²) in [7, 11) is 0. The summed E-state index contributed by atoms with van der Waals surface area (Å²) in [5, 5.41) is 0. The Hall–Kier alpha value is -2.26. The van der Waals surface area contributed by atoms with Gasteiger partial charge in [0.2, 0.25) is 0 Å². The summed E-state index contributed by atoms with van der Waals surface area (Å²) < 4.78 is 5.85. The van der Waals surface area contributed by atoms with E-state index in [1.54, 1.807) is 12.4 Å². The fourth-order valence-electron chi connectivity index (χ4n) is 2.66. The van der Waals surface area contributed by atoms with Gasteiger partial charge < -0.3 is 4.74 Å². The Morgan fingerprint density at radius 2 is 1.64 bits per heavy atom. The molecule has 0 fully saturated rings. The van der Waals surface area contributed by atoms with Crippen LogP contribution >= 0.6 is 0 Å². The Morgan fingerprint density at radius 1 is 0.909 bits per heavy atom. The third-order valence-electron chi connectivity index (χ3n) is 3.87. The van der Waals surface area contributed by atoms with Crippen LogP contribution in [0.5, 0.6) is 0 Å². The molecule has 0 spiro atoms. The Bertz CT molecular complexity index is 796. The van der Waals surface area contributed by atoms with Crippen molar-refractivity contribution in [2.75, 3.05) is 6.61 Å². The molecule has 3 heteroatoms. The summed E-state index contributed by atoms with van der Waals surface area (Å²) in [5.74, 6) is 0. The number of fused-ring (bicyclic) bond motifs is 1. The minimum Gasteiger partial charge on any atom is -0.371 e. The first-order valence-electron chi connectivity index (χ1n) is 7.56. The molecule has 0 aliphatic carbocycles. The number of aromatic nitrogens is 2. The molecule has 3 rings (SSSR count). The normalized spacial score (nSPS) is 11.8. The largest absolute Gasteiger partial charge is 0.371 e. The first-order valence-corrected chi connectivity index (χ1v) is 7.56. The lowest BCUT2D eigenvalue weighted by Crippen LogP contribution is -2.21. The van der Waals surface area contributed by atoms with E-state index < -0.39 is 0 Å². The topological polar surface area (TPSA) is 35.0 Å². The predicted octanol–water partition coefficient (Wildman–Crippen LogP) is 4.57. The zero-order valence-corrected chi connectivity index (χ0v) is 13.2. The minimum absolute atomic E-state index is 0.290. The van der Waals surface area contributed by atoms with E-state index >= 15 is 0 Å². The van der Waals surface area contributed by atoms with Crippen LogP contribution in [-0.4, -0.2) is 16.6 Å². The van der Waals surface area contributed by atoms with E-state index in [0.717, 1.165) is 22.2 Å². The van der Waals surface area contributed by atoms with E-state index in [4.69, 9.17) is 4.74 Å². The zero-order valence-electron chi connectivity index (χ0n) is 13.2. The van der Waals surface area contributed by atoms with Crippen LogP contribution in [0.3, 0.4) is 0 Å². The summed E-state index contributed by atoms with van der Waals surface area (Å²) in [5.41, 5.74) is 5.01. The first kappa shape index (κ1) is 14.7. The molecule has 0 atom stereocenters. The van der Waals surface area contributed by atoms with E-state index in [1.165, 1.54) is 5.56 Å². The Balaban J connectivity index is 2.03. The molecule has 0 saturated heterocycles. The van der Waals surface area contributed by atoms with Crippen LogP contribution in [0, 0.1) is 0 Å². The Morgan fingerprint density at radius 3 is 2.41 bits per heavy atom. The van der Waals surface area contributed by atoms with Gasteiger partial charge in [-0.3, -0.25) is 9.97 Å². The molecule has 112 valence electrons. The smallest absolute Gasteiger partial charge is 0.0892 e. The molecule has 3 aromatic rings. The molecule has 22 heavy (non-hydrogen) atoms. The second kappa shape index (κ2) is 5.85.